The molecule has 0 aliphatic rings. The van der Waals surface area contributed by atoms with Gasteiger partial charge in [0.15, 0.2) is 17.8 Å². The topological polar surface area (TPSA) is 84.8 Å². The highest BCUT2D eigenvalue weighted by Crippen LogP contribution is 2.26. The van der Waals surface area contributed by atoms with Crippen molar-refractivity contribution in [1.29, 1.82) is 0 Å². The lowest BCUT2D eigenvalue weighted by Crippen LogP contribution is -2.13. The average molecular weight is 279 g/mol. The molecule has 0 aliphatic carbocycles. The van der Waals surface area contributed by atoms with Gasteiger partial charge in [-0.25, -0.2) is 9.36 Å². The Morgan fingerprint density at radius 1 is 1.30 bits per heavy atom. The second-order valence-electron chi connectivity index (χ2n) is 4.47. The molecule has 6 heteroatoms. The van der Waals surface area contributed by atoms with Crippen LogP contribution in [0.3, 0.4) is 0 Å². The predicted molar refractivity (Wildman–Crippen MR) is 72.2 cm³/mol. The molecule has 0 amide bonds. The predicted octanol–water partition coefficient (Wildman–Crippen LogP) is 1.88. The maximum atomic E-state index is 11.2. The fourth-order valence-electron chi connectivity index (χ4n) is 2.01. The molecule has 0 unspecified atom stereocenters. The Morgan fingerprint density at radius 3 is 2.75 bits per heavy atom. The first-order valence-corrected chi connectivity index (χ1v) is 6.35. The van der Waals surface area contributed by atoms with Crippen molar-refractivity contribution in [2.24, 2.45) is 0 Å². The Hall–Kier alpha value is -2.37. The quantitative estimate of drug-likeness (QED) is 0.789. The number of aromatic nitrogens is 1. The van der Waals surface area contributed by atoms with Crippen molar-refractivity contribution in [2.45, 2.75) is 25.8 Å². The van der Waals surface area contributed by atoms with Gasteiger partial charge in [-0.2, -0.15) is 0 Å². The van der Waals surface area contributed by atoms with Crippen molar-refractivity contribution < 1.29 is 19.4 Å². The molecule has 0 atom stereocenters. The summed E-state index contributed by atoms with van der Waals surface area (Å²) in [7, 11) is 1.51. The van der Waals surface area contributed by atoms with E-state index in [1.165, 1.54) is 11.7 Å². The Labute approximate surface area is 115 Å². The summed E-state index contributed by atoms with van der Waals surface area (Å²) in [4.78, 5) is 11.2. The molecule has 6 nitrogen and oxygen atoms in total. The highest BCUT2D eigenvalue weighted by atomic mass is 16.5. The first-order chi connectivity index (χ1) is 9.61. The zero-order valence-corrected chi connectivity index (χ0v) is 11.2. The summed E-state index contributed by atoms with van der Waals surface area (Å²) in [5.74, 6) is -0.132. The lowest BCUT2D eigenvalue weighted by molar-refractivity contribution is 0.373. The van der Waals surface area contributed by atoms with Gasteiger partial charge in [-0.3, -0.25) is 0 Å². The van der Waals surface area contributed by atoms with Gasteiger partial charge in [0.05, 0.1) is 7.11 Å². The van der Waals surface area contributed by atoms with Gasteiger partial charge in [0.2, 0.25) is 5.88 Å². The van der Waals surface area contributed by atoms with Gasteiger partial charge in [-0.15, -0.1) is 0 Å². The van der Waals surface area contributed by atoms with Gasteiger partial charge in [0, 0.05) is 6.54 Å². The second-order valence-corrected chi connectivity index (χ2v) is 4.47. The molecule has 20 heavy (non-hydrogen) atoms. The van der Waals surface area contributed by atoms with Crippen LogP contribution in [-0.2, 0) is 13.0 Å². The van der Waals surface area contributed by atoms with Gasteiger partial charge < -0.3 is 19.4 Å². The van der Waals surface area contributed by atoms with Gasteiger partial charge in [0.1, 0.15) is 0 Å². The van der Waals surface area contributed by atoms with E-state index in [-0.39, 0.29) is 11.6 Å². The molecular weight excluding hydrogens is 262 g/mol. The minimum Gasteiger partial charge on any atom is -0.504 e. The van der Waals surface area contributed by atoms with Crippen LogP contribution in [0, 0.1) is 0 Å². The summed E-state index contributed by atoms with van der Waals surface area (Å²) in [6, 6.07) is 5.22. The van der Waals surface area contributed by atoms with Crippen LogP contribution in [-0.4, -0.2) is 21.9 Å². The van der Waals surface area contributed by atoms with E-state index in [1.807, 2.05) is 6.07 Å². The highest BCUT2D eigenvalue weighted by molar-refractivity contribution is 5.41. The van der Waals surface area contributed by atoms with Crippen LogP contribution in [0.5, 0.6) is 17.4 Å². The van der Waals surface area contributed by atoms with Crippen LogP contribution < -0.4 is 10.5 Å². The third kappa shape index (κ3) is 3.14. The number of oxazole rings is 1. The van der Waals surface area contributed by atoms with Gasteiger partial charge in [-0.1, -0.05) is 6.07 Å². The highest BCUT2D eigenvalue weighted by Gasteiger charge is 2.06. The number of ether oxygens (including phenoxy) is 1. The molecule has 0 saturated heterocycles. The third-order valence-corrected chi connectivity index (χ3v) is 3.10. The van der Waals surface area contributed by atoms with E-state index >= 15 is 0 Å². The molecule has 108 valence electrons. The first-order valence-electron chi connectivity index (χ1n) is 6.35. The molecule has 0 spiro atoms. The van der Waals surface area contributed by atoms with Crippen LogP contribution in [0.2, 0.25) is 0 Å². The van der Waals surface area contributed by atoms with E-state index in [1.54, 1.807) is 12.1 Å². The van der Waals surface area contributed by atoms with E-state index in [2.05, 4.69) is 4.42 Å². The number of phenolic OH excluding ortho intramolecular Hbond substituents is 1. The molecule has 2 N–H and O–H groups in total. The van der Waals surface area contributed by atoms with E-state index in [0.717, 1.165) is 31.1 Å². The van der Waals surface area contributed by atoms with Crippen LogP contribution in [0.25, 0.3) is 0 Å². The molecular formula is C14H17NO5. The Bertz CT molecular complexity index is 629. The summed E-state index contributed by atoms with van der Waals surface area (Å²) in [5.41, 5.74) is 1.04. The lowest BCUT2D eigenvalue weighted by atomic mass is 10.1. The molecule has 0 aliphatic heterocycles. The van der Waals surface area contributed by atoms with Crippen LogP contribution in [0.4, 0.5) is 0 Å². The van der Waals surface area contributed by atoms with E-state index in [9.17, 15) is 15.0 Å². The zero-order chi connectivity index (χ0) is 14.5. The summed E-state index contributed by atoms with van der Waals surface area (Å²) in [5, 5.41) is 18.9. The molecule has 0 radical (unpaired) electrons. The number of hydrogen-bond acceptors (Lipinski definition) is 5. The number of aromatic hydroxyl groups is 2. The number of aryl methyl sites for hydroxylation is 1. The largest absolute Gasteiger partial charge is 0.504 e. The maximum Gasteiger partial charge on any atom is 0.421 e. The lowest BCUT2D eigenvalue weighted by Gasteiger charge is -2.07. The number of hydrogen-bond donors (Lipinski definition) is 2. The SMILES string of the molecule is COc1cc(CCCCn2c(O)coc2=O)ccc1O. The van der Waals surface area contributed by atoms with Crippen molar-refractivity contribution in [2.75, 3.05) is 7.11 Å². The Morgan fingerprint density at radius 2 is 2.10 bits per heavy atom. The molecule has 2 aromatic rings. The molecule has 2 rings (SSSR count). The summed E-state index contributed by atoms with van der Waals surface area (Å²) in [6.07, 6.45) is 3.40. The van der Waals surface area contributed by atoms with Crippen LogP contribution >= 0.6 is 0 Å². The number of nitrogens with zero attached hydrogens (tertiary/aromatic N) is 1. The smallest absolute Gasteiger partial charge is 0.421 e. The van der Waals surface area contributed by atoms with Crippen LogP contribution in [0.1, 0.15) is 18.4 Å². The summed E-state index contributed by atoms with van der Waals surface area (Å²) in [6.45, 7) is 0.413. The van der Waals surface area contributed by atoms with E-state index in [4.69, 9.17) is 4.74 Å². The standard InChI is InChI=1S/C14H17NO5/c1-19-12-8-10(5-6-11(12)16)4-2-3-7-15-13(17)9-20-14(15)18/h5-6,8-9,16-17H,2-4,7H2,1H3. The fourth-order valence-corrected chi connectivity index (χ4v) is 2.01. The van der Waals surface area contributed by atoms with Crippen molar-refractivity contribution in [3.8, 4) is 17.4 Å². The summed E-state index contributed by atoms with van der Waals surface area (Å²) < 4.78 is 10.8. The zero-order valence-electron chi connectivity index (χ0n) is 11.2. The number of benzene rings is 1. The van der Waals surface area contributed by atoms with Crippen molar-refractivity contribution in [3.63, 3.8) is 0 Å². The number of phenols is 1. The van der Waals surface area contributed by atoms with Gasteiger partial charge in [0.25, 0.3) is 0 Å². The molecule has 1 aromatic carbocycles. The first kappa shape index (κ1) is 14.0. The number of unbranched alkanes of at least 4 members (excludes halogenated alkanes) is 1. The van der Waals surface area contributed by atoms with Gasteiger partial charge in [-0.05, 0) is 37.0 Å². The second kappa shape index (κ2) is 6.18. The monoisotopic (exact) mass is 279 g/mol. The van der Waals surface area contributed by atoms with Crippen molar-refractivity contribution >= 4 is 0 Å². The van der Waals surface area contributed by atoms with Crippen LogP contribution in [0.15, 0.2) is 33.7 Å². The molecule has 1 aromatic heterocycles. The normalized spacial score (nSPS) is 10.7. The minimum absolute atomic E-state index is 0.117. The fraction of sp³-hybridized carbons (Fsp3) is 0.357. The van der Waals surface area contributed by atoms with E-state index < -0.39 is 5.76 Å². The number of methoxy groups -OCH3 is 1. The maximum absolute atomic E-state index is 11.2. The summed E-state index contributed by atoms with van der Waals surface area (Å²) >= 11 is 0. The molecule has 0 saturated carbocycles. The minimum atomic E-state index is -0.547. The number of rotatable bonds is 6. The molecule has 0 fully saturated rings. The van der Waals surface area contributed by atoms with Crippen molar-refractivity contribution in [1.82, 2.24) is 4.57 Å². The molecule has 0 bridgehead atoms. The third-order valence-electron chi connectivity index (χ3n) is 3.10. The van der Waals surface area contributed by atoms with E-state index in [0.29, 0.717) is 12.3 Å². The Balaban J connectivity index is 1.86. The molecule has 1 heterocycles. The van der Waals surface area contributed by atoms with Gasteiger partial charge >= 0.3 is 5.76 Å². The Kier molecular flexibility index (Phi) is 4.34. The van der Waals surface area contributed by atoms with Crippen molar-refractivity contribution in [3.05, 3.63) is 40.6 Å². The average Bonchev–Trinajstić information content (AvgIpc) is 2.76.